The summed E-state index contributed by atoms with van der Waals surface area (Å²) in [7, 11) is 1.88. The first-order valence-electron chi connectivity index (χ1n) is 10.9. The quantitative estimate of drug-likeness (QED) is 0.600. The van der Waals surface area contributed by atoms with Gasteiger partial charge in [-0.3, -0.25) is 9.48 Å². The molecule has 0 aliphatic carbocycles. The van der Waals surface area contributed by atoms with E-state index in [1.807, 2.05) is 74.1 Å². The first-order chi connectivity index (χ1) is 15.5. The summed E-state index contributed by atoms with van der Waals surface area (Å²) in [5, 5.41) is 3.80. The van der Waals surface area contributed by atoms with Crippen molar-refractivity contribution < 1.29 is 4.74 Å². The maximum Gasteiger partial charge on any atom is 0.295 e. The van der Waals surface area contributed by atoms with Gasteiger partial charge in [-0.1, -0.05) is 30.3 Å². The van der Waals surface area contributed by atoms with E-state index in [1.54, 1.807) is 4.68 Å². The second-order valence-electron chi connectivity index (χ2n) is 7.74. The van der Waals surface area contributed by atoms with E-state index < -0.39 is 0 Å². The highest BCUT2D eigenvalue weighted by atomic mass is 32.1. The third-order valence-corrected chi connectivity index (χ3v) is 6.22. The van der Waals surface area contributed by atoms with Crippen LogP contribution in [0, 0.1) is 6.92 Å². The van der Waals surface area contributed by atoms with Crippen LogP contribution in [0.1, 0.15) is 12.6 Å². The molecule has 0 amide bonds. The van der Waals surface area contributed by atoms with Crippen molar-refractivity contribution in [2.24, 2.45) is 7.05 Å². The predicted octanol–water partition coefficient (Wildman–Crippen LogP) is 3.40. The van der Waals surface area contributed by atoms with Gasteiger partial charge in [-0.25, -0.2) is 4.68 Å². The summed E-state index contributed by atoms with van der Waals surface area (Å²) < 4.78 is 9.30. The second-order valence-corrected chi connectivity index (χ2v) is 8.13. The average Bonchev–Trinajstić information content (AvgIpc) is 3.03. The molecule has 1 aliphatic rings. The molecule has 168 valence electrons. The van der Waals surface area contributed by atoms with Gasteiger partial charge in [0.25, 0.3) is 5.56 Å². The zero-order valence-corrected chi connectivity index (χ0v) is 19.6. The maximum atomic E-state index is 13.1. The lowest BCUT2D eigenvalue weighted by Crippen LogP contribution is -2.50. The number of ether oxygens (including phenoxy) is 1. The van der Waals surface area contributed by atoms with Crippen molar-refractivity contribution in [3.05, 3.63) is 70.6 Å². The summed E-state index contributed by atoms with van der Waals surface area (Å²) in [5.74, 6) is 0.908. The topological polar surface area (TPSA) is 54.7 Å². The van der Waals surface area contributed by atoms with E-state index in [0.717, 1.165) is 49.0 Å². The molecular weight excluding hydrogens is 422 g/mol. The van der Waals surface area contributed by atoms with E-state index in [2.05, 4.69) is 21.2 Å². The Hall–Kier alpha value is -3.26. The van der Waals surface area contributed by atoms with Crippen molar-refractivity contribution in [1.82, 2.24) is 14.3 Å². The molecule has 8 heteroatoms. The van der Waals surface area contributed by atoms with Gasteiger partial charge in [0.05, 0.1) is 23.7 Å². The molecule has 0 unspecified atom stereocenters. The largest absolute Gasteiger partial charge is 0.492 e. The van der Waals surface area contributed by atoms with Gasteiger partial charge in [0.15, 0.2) is 5.11 Å². The molecule has 0 atom stereocenters. The molecule has 0 saturated carbocycles. The third-order valence-electron chi connectivity index (χ3n) is 5.86. The van der Waals surface area contributed by atoms with Crippen LogP contribution in [-0.4, -0.2) is 52.2 Å². The van der Waals surface area contributed by atoms with Crippen LogP contribution in [0.2, 0.25) is 0 Å². The lowest BCUT2D eigenvalue weighted by molar-refractivity contribution is 0.336. The van der Waals surface area contributed by atoms with Gasteiger partial charge >= 0.3 is 0 Å². The minimum Gasteiger partial charge on any atom is -0.492 e. The minimum atomic E-state index is -0.108. The molecule has 0 radical (unpaired) electrons. The molecule has 32 heavy (non-hydrogen) atoms. The Kier molecular flexibility index (Phi) is 6.50. The summed E-state index contributed by atoms with van der Waals surface area (Å²) in [6, 6.07) is 17.7. The number of aromatic nitrogens is 2. The highest BCUT2D eigenvalue weighted by molar-refractivity contribution is 7.80. The Morgan fingerprint density at radius 2 is 1.69 bits per heavy atom. The van der Waals surface area contributed by atoms with Crippen LogP contribution in [0.25, 0.3) is 5.69 Å². The monoisotopic (exact) mass is 451 g/mol. The molecule has 4 rings (SSSR count). The van der Waals surface area contributed by atoms with Gasteiger partial charge in [0.1, 0.15) is 11.4 Å². The van der Waals surface area contributed by atoms with Gasteiger partial charge in [-0.15, -0.1) is 0 Å². The Bertz CT molecular complexity index is 1150. The molecule has 1 fully saturated rings. The summed E-state index contributed by atoms with van der Waals surface area (Å²) in [6.45, 7) is 7.75. The Morgan fingerprint density at radius 1 is 1.03 bits per heavy atom. The number of rotatable bonds is 5. The molecule has 0 bridgehead atoms. The fourth-order valence-corrected chi connectivity index (χ4v) is 4.33. The van der Waals surface area contributed by atoms with Crippen LogP contribution in [-0.2, 0) is 7.05 Å². The van der Waals surface area contributed by atoms with Crippen LogP contribution in [0.4, 0.5) is 11.4 Å². The van der Waals surface area contributed by atoms with Crippen LogP contribution in [0.3, 0.4) is 0 Å². The van der Waals surface area contributed by atoms with Gasteiger partial charge in [0.2, 0.25) is 0 Å². The van der Waals surface area contributed by atoms with Crippen LogP contribution >= 0.6 is 12.2 Å². The SMILES string of the molecule is CCOc1ccccc1N1CCN(C(=S)Nc2c(C)n(C)n(-c3ccccc3)c2=O)CC1. The van der Waals surface area contributed by atoms with Crippen molar-refractivity contribution in [2.45, 2.75) is 13.8 Å². The Morgan fingerprint density at radius 3 is 2.38 bits per heavy atom. The molecule has 1 N–H and O–H groups in total. The molecule has 1 aromatic heterocycles. The molecular formula is C24H29N5O2S. The van der Waals surface area contributed by atoms with E-state index in [9.17, 15) is 4.79 Å². The summed E-state index contributed by atoms with van der Waals surface area (Å²) in [4.78, 5) is 17.6. The number of hydrogen-bond donors (Lipinski definition) is 1. The highest BCUT2D eigenvalue weighted by Crippen LogP contribution is 2.29. The van der Waals surface area contributed by atoms with Gasteiger partial charge in [-0.2, -0.15) is 0 Å². The number of nitrogens with one attached hydrogen (secondary N) is 1. The number of benzene rings is 2. The number of anilines is 2. The normalized spacial score (nSPS) is 13.8. The average molecular weight is 452 g/mol. The zero-order valence-electron chi connectivity index (χ0n) is 18.7. The molecule has 1 saturated heterocycles. The number of thiocarbonyl (C=S) groups is 1. The van der Waals surface area contributed by atoms with E-state index in [1.165, 1.54) is 0 Å². The predicted molar refractivity (Wildman–Crippen MR) is 133 cm³/mol. The summed E-state index contributed by atoms with van der Waals surface area (Å²) in [5.41, 5.74) is 3.18. The number of para-hydroxylation sites is 3. The maximum absolute atomic E-state index is 13.1. The standard InChI is InChI=1S/C24H29N5O2S/c1-4-31-21-13-9-8-12-20(21)27-14-16-28(17-15-27)24(32)25-22-18(2)26(3)29(23(22)30)19-10-6-5-7-11-19/h5-13H,4,14-17H2,1-3H3,(H,25,32). The van der Waals surface area contributed by atoms with Gasteiger partial charge in [0, 0.05) is 33.2 Å². The Balaban J connectivity index is 1.46. The smallest absolute Gasteiger partial charge is 0.295 e. The van der Waals surface area contributed by atoms with Crippen LogP contribution < -0.4 is 20.5 Å². The third kappa shape index (κ3) is 4.23. The Labute approximate surface area is 193 Å². The van der Waals surface area contributed by atoms with Crippen molar-refractivity contribution in [3.8, 4) is 11.4 Å². The van der Waals surface area contributed by atoms with Crippen LogP contribution in [0.15, 0.2) is 59.4 Å². The van der Waals surface area contributed by atoms with Crippen molar-refractivity contribution in [2.75, 3.05) is 43.0 Å². The number of hydrogen-bond acceptors (Lipinski definition) is 4. The highest BCUT2D eigenvalue weighted by Gasteiger charge is 2.23. The van der Waals surface area contributed by atoms with E-state index >= 15 is 0 Å². The molecule has 2 aromatic carbocycles. The van der Waals surface area contributed by atoms with Crippen molar-refractivity contribution >= 4 is 28.7 Å². The minimum absolute atomic E-state index is 0.108. The fraction of sp³-hybridized carbons (Fsp3) is 0.333. The molecule has 2 heterocycles. The van der Waals surface area contributed by atoms with Crippen molar-refractivity contribution in [1.29, 1.82) is 0 Å². The lowest BCUT2D eigenvalue weighted by atomic mass is 10.2. The van der Waals surface area contributed by atoms with E-state index in [4.69, 9.17) is 17.0 Å². The van der Waals surface area contributed by atoms with Crippen LogP contribution in [0.5, 0.6) is 5.75 Å². The zero-order chi connectivity index (χ0) is 22.7. The van der Waals surface area contributed by atoms with E-state index in [-0.39, 0.29) is 5.56 Å². The second kappa shape index (κ2) is 9.48. The van der Waals surface area contributed by atoms with Crippen molar-refractivity contribution in [3.63, 3.8) is 0 Å². The number of piperazine rings is 1. The molecule has 1 aliphatic heterocycles. The molecule has 0 spiro atoms. The summed E-state index contributed by atoms with van der Waals surface area (Å²) in [6.07, 6.45) is 0. The van der Waals surface area contributed by atoms with Gasteiger partial charge < -0.3 is 19.9 Å². The fourth-order valence-electron chi connectivity index (χ4n) is 4.04. The first kappa shape index (κ1) is 22.0. The summed E-state index contributed by atoms with van der Waals surface area (Å²) >= 11 is 5.68. The number of nitrogens with zero attached hydrogens (tertiary/aromatic N) is 4. The first-order valence-corrected chi connectivity index (χ1v) is 11.3. The molecule has 3 aromatic rings. The molecule has 7 nitrogen and oxygen atoms in total. The van der Waals surface area contributed by atoms with E-state index in [0.29, 0.717) is 17.4 Å². The van der Waals surface area contributed by atoms with Gasteiger partial charge in [-0.05, 0) is 50.3 Å². The lowest BCUT2D eigenvalue weighted by Gasteiger charge is -2.37.